The molecule has 88 valence electrons. The predicted octanol–water partition coefficient (Wildman–Crippen LogP) is 3.37. The number of halogens is 1. The Morgan fingerprint density at radius 1 is 1.11 bits per heavy atom. The second-order valence-corrected chi connectivity index (χ2v) is 3.96. The van der Waals surface area contributed by atoms with Crippen LogP contribution in [0, 0.1) is 24.6 Å². The molecule has 0 N–H and O–H groups in total. The van der Waals surface area contributed by atoms with Gasteiger partial charge in [0.15, 0.2) is 0 Å². The summed E-state index contributed by atoms with van der Waals surface area (Å²) in [4.78, 5) is 11.7. The Bertz CT molecular complexity index is 630. The Morgan fingerprint density at radius 3 is 2.50 bits per heavy atom. The number of rotatable bonds is 1. The van der Waals surface area contributed by atoms with Gasteiger partial charge in [-0.15, -0.1) is 0 Å². The lowest BCUT2D eigenvalue weighted by Gasteiger charge is -1.94. The largest absolute Gasteiger partial charge is 0.279 e. The van der Waals surface area contributed by atoms with Gasteiger partial charge in [-0.2, -0.15) is 0 Å². The molecule has 0 bridgehead atoms. The van der Waals surface area contributed by atoms with E-state index in [1.54, 1.807) is 0 Å². The smallest absolute Gasteiger partial charge is 0.236 e. The molecule has 0 spiro atoms. The highest BCUT2D eigenvalue weighted by molar-refractivity contribution is 6.09. The maximum atomic E-state index is 12.7. The Labute approximate surface area is 105 Å². The summed E-state index contributed by atoms with van der Waals surface area (Å²) in [7, 11) is 0. The molecule has 0 amide bonds. The number of aryl methyl sites for hydroxylation is 1. The molecular weight excluding hydrogens is 227 g/mol. The van der Waals surface area contributed by atoms with Gasteiger partial charge < -0.3 is 0 Å². The number of hydrogen-bond acceptors (Lipinski definition) is 1. The maximum Gasteiger partial charge on any atom is 0.236 e. The van der Waals surface area contributed by atoms with Crippen molar-refractivity contribution in [1.29, 1.82) is 0 Å². The first-order valence-corrected chi connectivity index (χ1v) is 5.54. The van der Waals surface area contributed by atoms with Crippen molar-refractivity contribution in [3.8, 4) is 11.8 Å². The molecule has 0 radical (unpaired) electrons. The fraction of sp³-hybridized carbons (Fsp3) is 0.0625. The lowest BCUT2D eigenvalue weighted by molar-refractivity contribution is 0.105. The fourth-order valence-electron chi connectivity index (χ4n) is 1.53. The number of ketones is 1. The maximum absolute atomic E-state index is 12.7. The van der Waals surface area contributed by atoms with Crippen molar-refractivity contribution in [3.05, 3.63) is 71.0 Å². The normalized spacial score (nSPS) is 9.44. The van der Waals surface area contributed by atoms with Gasteiger partial charge in [-0.05, 0) is 54.8 Å². The first-order valence-electron chi connectivity index (χ1n) is 5.54. The SMILES string of the molecule is Cc1cccc(C#CC(=O)c2ccc(F)cc2)c1. The molecule has 0 heterocycles. The number of hydrogen-bond donors (Lipinski definition) is 0. The van der Waals surface area contributed by atoms with Crippen molar-refractivity contribution in [2.75, 3.05) is 0 Å². The lowest BCUT2D eigenvalue weighted by Crippen LogP contribution is -1.94. The third kappa shape index (κ3) is 3.05. The molecule has 2 rings (SSSR count). The van der Waals surface area contributed by atoms with Crippen molar-refractivity contribution in [2.24, 2.45) is 0 Å². The zero-order valence-corrected chi connectivity index (χ0v) is 9.91. The van der Waals surface area contributed by atoms with Crippen LogP contribution in [0.25, 0.3) is 0 Å². The Balaban J connectivity index is 2.20. The van der Waals surface area contributed by atoms with Crippen LogP contribution in [0.5, 0.6) is 0 Å². The van der Waals surface area contributed by atoms with Gasteiger partial charge in [0.25, 0.3) is 0 Å². The fourth-order valence-corrected chi connectivity index (χ4v) is 1.53. The third-order valence-corrected chi connectivity index (χ3v) is 2.44. The van der Waals surface area contributed by atoms with E-state index in [9.17, 15) is 9.18 Å². The summed E-state index contributed by atoms with van der Waals surface area (Å²) < 4.78 is 12.7. The number of carbonyl (C=O) groups excluding carboxylic acids is 1. The van der Waals surface area contributed by atoms with E-state index >= 15 is 0 Å². The van der Waals surface area contributed by atoms with Crippen molar-refractivity contribution in [3.63, 3.8) is 0 Å². The second-order valence-electron chi connectivity index (χ2n) is 3.96. The number of carbonyl (C=O) groups is 1. The summed E-state index contributed by atoms with van der Waals surface area (Å²) in [5.41, 5.74) is 2.29. The Kier molecular flexibility index (Phi) is 3.54. The molecule has 0 aromatic heterocycles. The van der Waals surface area contributed by atoms with Crippen molar-refractivity contribution in [2.45, 2.75) is 6.92 Å². The minimum atomic E-state index is -0.363. The van der Waals surface area contributed by atoms with Gasteiger partial charge in [-0.25, -0.2) is 4.39 Å². The average molecular weight is 238 g/mol. The second kappa shape index (κ2) is 5.29. The summed E-state index contributed by atoms with van der Waals surface area (Å²) in [6.07, 6.45) is 0. The molecule has 0 fully saturated rings. The molecule has 0 aliphatic rings. The summed E-state index contributed by atoms with van der Waals surface area (Å²) in [5.74, 6) is 4.68. The Morgan fingerprint density at radius 2 is 1.83 bits per heavy atom. The molecule has 2 aromatic rings. The monoisotopic (exact) mass is 238 g/mol. The molecule has 2 aromatic carbocycles. The van der Waals surface area contributed by atoms with Crippen LogP contribution in [0.4, 0.5) is 4.39 Å². The van der Waals surface area contributed by atoms with Crippen molar-refractivity contribution >= 4 is 5.78 Å². The van der Waals surface area contributed by atoms with Crippen molar-refractivity contribution in [1.82, 2.24) is 0 Å². The zero-order chi connectivity index (χ0) is 13.0. The van der Waals surface area contributed by atoms with Gasteiger partial charge in [0.05, 0.1) is 0 Å². The van der Waals surface area contributed by atoms with Crippen LogP contribution in [-0.2, 0) is 0 Å². The van der Waals surface area contributed by atoms with E-state index in [2.05, 4.69) is 11.8 Å². The van der Waals surface area contributed by atoms with E-state index in [-0.39, 0.29) is 11.6 Å². The van der Waals surface area contributed by atoms with E-state index in [0.29, 0.717) is 5.56 Å². The molecule has 0 aliphatic carbocycles. The summed E-state index contributed by atoms with van der Waals surface area (Å²) in [6.45, 7) is 1.97. The minimum Gasteiger partial charge on any atom is -0.279 e. The van der Waals surface area contributed by atoms with Crippen LogP contribution in [-0.4, -0.2) is 5.78 Å². The molecule has 18 heavy (non-hydrogen) atoms. The van der Waals surface area contributed by atoms with E-state index in [0.717, 1.165) is 11.1 Å². The van der Waals surface area contributed by atoms with Gasteiger partial charge in [0.1, 0.15) is 5.82 Å². The molecular formula is C16H11FO. The molecule has 0 unspecified atom stereocenters. The summed E-state index contributed by atoms with van der Waals surface area (Å²) >= 11 is 0. The molecule has 0 aliphatic heterocycles. The van der Waals surface area contributed by atoms with Crippen LogP contribution in [0.3, 0.4) is 0 Å². The van der Waals surface area contributed by atoms with Gasteiger partial charge in [-0.3, -0.25) is 4.79 Å². The van der Waals surface area contributed by atoms with Gasteiger partial charge in [0, 0.05) is 11.1 Å². The topological polar surface area (TPSA) is 17.1 Å². The molecule has 0 saturated heterocycles. The van der Waals surface area contributed by atoms with Gasteiger partial charge in [-0.1, -0.05) is 18.1 Å². The zero-order valence-electron chi connectivity index (χ0n) is 9.91. The minimum absolute atomic E-state index is 0.309. The summed E-state index contributed by atoms with van der Waals surface area (Å²) in [5, 5.41) is 0. The highest BCUT2D eigenvalue weighted by Crippen LogP contribution is 2.04. The molecule has 1 nitrogen and oxygen atoms in total. The quantitative estimate of drug-likeness (QED) is 0.550. The number of Topliss-reactive ketones (excluding diaryl/α,β-unsaturated/α-hetero) is 1. The first-order chi connectivity index (χ1) is 8.65. The predicted molar refractivity (Wildman–Crippen MR) is 68.8 cm³/mol. The third-order valence-electron chi connectivity index (χ3n) is 2.44. The summed E-state index contributed by atoms with van der Waals surface area (Å²) in [6, 6.07) is 13.0. The highest BCUT2D eigenvalue weighted by atomic mass is 19.1. The average Bonchev–Trinajstić information content (AvgIpc) is 2.37. The van der Waals surface area contributed by atoms with E-state index in [4.69, 9.17) is 0 Å². The van der Waals surface area contributed by atoms with Gasteiger partial charge in [0.2, 0.25) is 5.78 Å². The van der Waals surface area contributed by atoms with E-state index in [1.807, 2.05) is 31.2 Å². The van der Waals surface area contributed by atoms with Crippen LogP contribution >= 0.6 is 0 Å². The Hall–Kier alpha value is -2.40. The standard InChI is InChI=1S/C16H11FO/c1-12-3-2-4-13(11-12)5-10-16(18)14-6-8-15(17)9-7-14/h2-4,6-9,11H,1H3. The van der Waals surface area contributed by atoms with Crippen molar-refractivity contribution < 1.29 is 9.18 Å². The lowest BCUT2D eigenvalue weighted by atomic mass is 10.1. The van der Waals surface area contributed by atoms with E-state index in [1.165, 1.54) is 24.3 Å². The molecule has 0 saturated carbocycles. The molecule has 2 heteroatoms. The first kappa shape index (κ1) is 12.1. The van der Waals surface area contributed by atoms with Crippen LogP contribution < -0.4 is 0 Å². The van der Waals surface area contributed by atoms with Gasteiger partial charge >= 0.3 is 0 Å². The highest BCUT2D eigenvalue weighted by Gasteiger charge is 2.01. The van der Waals surface area contributed by atoms with Crippen LogP contribution in [0.2, 0.25) is 0 Å². The number of benzene rings is 2. The van der Waals surface area contributed by atoms with Crippen LogP contribution in [0.1, 0.15) is 21.5 Å². The molecule has 0 atom stereocenters. The van der Waals surface area contributed by atoms with Crippen LogP contribution in [0.15, 0.2) is 48.5 Å². The van der Waals surface area contributed by atoms with E-state index < -0.39 is 0 Å².